The molecule has 2 aromatic carbocycles. The van der Waals surface area contributed by atoms with Crippen molar-refractivity contribution < 1.29 is 9.21 Å². The van der Waals surface area contributed by atoms with Crippen LogP contribution in [0.4, 0.5) is 5.69 Å². The number of carbonyl (C=O) groups is 1. The standard InChI is InChI=1S/C22H18N2O2S/c1-16-12-13-19(26-16)14-20-21(25)24(15-17-8-4-2-5-9-17)22(27-20)23-18-10-6-3-7-11-18/h2-14H,15H2,1H3/b20-14-,23-22?. The van der Waals surface area contributed by atoms with Crippen molar-refractivity contribution in [2.45, 2.75) is 13.5 Å². The summed E-state index contributed by atoms with van der Waals surface area (Å²) in [4.78, 5) is 20.1. The highest BCUT2D eigenvalue weighted by molar-refractivity contribution is 8.18. The van der Waals surface area contributed by atoms with E-state index in [2.05, 4.69) is 0 Å². The van der Waals surface area contributed by atoms with E-state index < -0.39 is 0 Å². The molecule has 4 nitrogen and oxygen atoms in total. The minimum Gasteiger partial charge on any atom is -0.462 e. The number of aryl methyl sites for hydroxylation is 1. The molecule has 0 atom stereocenters. The van der Waals surface area contributed by atoms with Gasteiger partial charge in [-0.2, -0.15) is 0 Å². The molecular formula is C22H18N2O2S. The van der Waals surface area contributed by atoms with Crippen molar-refractivity contribution in [2.75, 3.05) is 0 Å². The summed E-state index contributed by atoms with van der Waals surface area (Å²) in [6, 6.07) is 23.4. The lowest BCUT2D eigenvalue weighted by molar-refractivity contribution is -0.122. The summed E-state index contributed by atoms with van der Waals surface area (Å²) >= 11 is 1.37. The molecule has 0 radical (unpaired) electrons. The number of carbonyl (C=O) groups excluding carboxylic acids is 1. The molecule has 1 aliphatic heterocycles. The van der Waals surface area contributed by atoms with Gasteiger partial charge in [0.1, 0.15) is 11.5 Å². The fourth-order valence-electron chi connectivity index (χ4n) is 2.77. The third-order valence-corrected chi connectivity index (χ3v) is 5.09. The summed E-state index contributed by atoms with van der Waals surface area (Å²) in [5.74, 6) is 1.42. The minimum absolute atomic E-state index is 0.0624. The summed E-state index contributed by atoms with van der Waals surface area (Å²) in [5, 5.41) is 0.671. The lowest BCUT2D eigenvalue weighted by Gasteiger charge is -2.15. The number of benzene rings is 2. The summed E-state index contributed by atoms with van der Waals surface area (Å²) in [6.45, 7) is 2.36. The molecule has 0 N–H and O–H groups in total. The van der Waals surface area contributed by atoms with Crippen LogP contribution in [0.3, 0.4) is 0 Å². The van der Waals surface area contributed by atoms with Crippen molar-refractivity contribution in [3.63, 3.8) is 0 Å². The lowest BCUT2D eigenvalue weighted by atomic mass is 10.2. The second-order valence-corrected chi connectivity index (χ2v) is 7.17. The number of hydrogen-bond donors (Lipinski definition) is 0. The normalized spacial score (nSPS) is 17.2. The van der Waals surface area contributed by atoms with Crippen molar-refractivity contribution in [1.82, 2.24) is 4.90 Å². The molecule has 4 rings (SSSR count). The Hall–Kier alpha value is -3.05. The fourth-order valence-corrected chi connectivity index (χ4v) is 3.75. The van der Waals surface area contributed by atoms with E-state index in [4.69, 9.17) is 9.41 Å². The summed E-state index contributed by atoms with van der Waals surface area (Å²) in [7, 11) is 0. The van der Waals surface area contributed by atoms with Crippen LogP contribution in [0, 0.1) is 6.92 Å². The predicted octanol–water partition coefficient (Wildman–Crippen LogP) is 5.39. The largest absolute Gasteiger partial charge is 0.462 e. The van der Waals surface area contributed by atoms with Crippen LogP contribution in [-0.2, 0) is 11.3 Å². The molecule has 1 aromatic heterocycles. The monoisotopic (exact) mass is 374 g/mol. The Labute approximate surface area is 162 Å². The minimum atomic E-state index is -0.0624. The van der Waals surface area contributed by atoms with Crippen molar-refractivity contribution in [1.29, 1.82) is 0 Å². The van der Waals surface area contributed by atoms with E-state index >= 15 is 0 Å². The Morgan fingerprint density at radius 1 is 1.00 bits per heavy atom. The number of thioether (sulfide) groups is 1. The molecule has 0 spiro atoms. The Balaban J connectivity index is 1.69. The van der Waals surface area contributed by atoms with Crippen LogP contribution >= 0.6 is 11.8 Å². The zero-order valence-electron chi connectivity index (χ0n) is 14.8. The maximum atomic E-state index is 13.0. The number of amides is 1. The van der Waals surface area contributed by atoms with Gasteiger partial charge in [0.25, 0.3) is 5.91 Å². The van der Waals surface area contributed by atoms with Crippen molar-refractivity contribution in [3.05, 3.63) is 94.8 Å². The Kier molecular flexibility index (Phi) is 4.94. The highest BCUT2D eigenvalue weighted by atomic mass is 32.2. The molecule has 0 bridgehead atoms. The first-order valence-corrected chi connectivity index (χ1v) is 9.46. The van der Waals surface area contributed by atoms with Crippen LogP contribution < -0.4 is 0 Å². The van der Waals surface area contributed by atoms with E-state index in [0.717, 1.165) is 17.0 Å². The van der Waals surface area contributed by atoms with Crippen molar-refractivity contribution in [3.8, 4) is 0 Å². The SMILES string of the molecule is Cc1ccc(/C=C2\SC(=Nc3ccccc3)N(Cc3ccccc3)C2=O)o1. The smallest absolute Gasteiger partial charge is 0.267 e. The van der Waals surface area contributed by atoms with E-state index in [1.807, 2.05) is 79.7 Å². The van der Waals surface area contributed by atoms with Gasteiger partial charge >= 0.3 is 0 Å². The zero-order valence-corrected chi connectivity index (χ0v) is 15.6. The molecule has 2 heterocycles. The average molecular weight is 374 g/mol. The molecule has 0 saturated carbocycles. The zero-order chi connectivity index (χ0) is 18.6. The predicted molar refractivity (Wildman–Crippen MR) is 110 cm³/mol. The second-order valence-electron chi connectivity index (χ2n) is 6.17. The molecule has 5 heteroatoms. The Morgan fingerprint density at radius 2 is 1.70 bits per heavy atom. The third kappa shape index (κ3) is 4.04. The molecule has 1 saturated heterocycles. The number of para-hydroxylation sites is 1. The molecule has 134 valence electrons. The van der Waals surface area contributed by atoms with Gasteiger partial charge in [-0.25, -0.2) is 4.99 Å². The van der Waals surface area contributed by atoms with E-state index in [-0.39, 0.29) is 5.91 Å². The first kappa shape index (κ1) is 17.4. The van der Waals surface area contributed by atoms with Gasteiger partial charge in [0.2, 0.25) is 0 Å². The van der Waals surface area contributed by atoms with Crippen LogP contribution in [-0.4, -0.2) is 16.0 Å². The number of aliphatic imine (C=N–C) groups is 1. The summed E-state index contributed by atoms with van der Waals surface area (Å²) in [5.41, 5.74) is 1.88. The maximum absolute atomic E-state index is 13.0. The summed E-state index contributed by atoms with van der Waals surface area (Å²) < 4.78 is 5.60. The van der Waals surface area contributed by atoms with Gasteiger partial charge in [0.05, 0.1) is 17.1 Å². The van der Waals surface area contributed by atoms with Gasteiger partial charge in [0, 0.05) is 6.08 Å². The molecular weight excluding hydrogens is 356 g/mol. The second kappa shape index (κ2) is 7.68. The molecule has 3 aromatic rings. The van der Waals surface area contributed by atoms with E-state index in [0.29, 0.717) is 22.4 Å². The van der Waals surface area contributed by atoms with Crippen LogP contribution in [0.15, 0.2) is 87.1 Å². The van der Waals surface area contributed by atoms with Crippen molar-refractivity contribution in [2.24, 2.45) is 4.99 Å². The summed E-state index contributed by atoms with van der Waals surface area (Å²) in [6.07, 6.45) is 1.78. The number of hydrogen-bond acceptors (Lipinski definition) is 4. The van der Waals surface area contributed by atoms with E-state index in [1.165, 1.54) is 11.8 Å². The number of nitrogens with zero attached hydrogens (tertiary/aromatic N) is 2. The average Bonchev–Trinajstić information content (AvgIpc) is 3.22. The lowest BCUT2D eigenvalue weighted by Crippen LogP contribution is -2.28. The molecule has 1 fully saturated rings. The number of furan rings is 1. The molecule has 0 unspecified atom stereocenters. The van der Waals surface area contributed by atoms with Crippen molar-refractivity contribution >= 4 is 34.6 Å². The van der Waals surface area contributed by atoms with Gasteiger partial charge in [-0.3, -0.25) is 9.69 Å². The van der Waals surface area contributed by atoms with Gasteiger partial charge in [-0.15, -0.1) is 0 Å². The highest BCUT2D eigenvalue weighted by Gasteiger charge is 2.33. The first-order chi connectivity index (χ1) is 13.2. The molecule has 0 aliphatic carbocycles. The fraction of sp³-hybridized carbons (Fsp3) is 0.0909. The Morgan fingerprint density at radius 3 is 2.37 bits per heavy atom. The van der Waals surface area contributed by atoms with E-state index in [1.54, 1.807) is 11.0 Å². The molecule has 1 amide bonds. The van der Waals surface area contributed by atoms with Crippen LogP contribution in [0.2, 0.25) is 0 Å². The van der Waals surface area contributed by atoms with Crippen LogP contribution in [0.5, 0.6) is 0 Å². The maximum Gasteiger partial charge on any atom is 0.267 e. The van der Waals surface area contributed by atoms with Gasteiger partial charge < -0.3 is 4.42 Å². The Bertz CT molecular complexity index is 1010. The number of rotatable bonds is 4. The highest BCUT2D eigenvalue weighted by Crippen LogP contribution is 2.35. The first-order valence-electron chi connectivity index (χ1n) is 8.64. The van der Waals surface area contributed by atoms with E-state index in [9.17, 15) is 4.79 Å². The van der Waals surface area contributed by atoms with Gasteiger partial charge in [-0.05, 0) is 48.5 Å². The van der Waals surface area contributed by atoms with Crippen LogP contribution in [0.25, 0.3) is 6.08 Å². The van der Waals surface area contributed by atoms with Crippen LogP contribution in [0.1, 0.15) is 17.1 Å². The van der Waals surface area contributed by atoms with Gasteiger partial charge in [-0.1, -0.05) is 48.5 Å². The number of amidine groups is 1. The molecule has 27 heavy (non-hydrogen) atoms. The quantitative estimate of drug-likeness (QED) is 0.575. The third-order valence-electron chi connectivity index (χ3n) is 4.09. The molecule has 1 aliphatic rings. The van der Waals surface area contributed by atoms with Gasteiger partial charge in [0.15, 0.2) is 5.17 Å². The topological polar surface area (TPSA) is 45.8 Å².